The molecule has 2 rings (SSSR count). The van der Waals surface area contributed by atoms with E-state index in [-0.39, 0.29) is 5.78 Å². The number of Topliss-reactive ketones (excluding diaryl/α,β-unsaturated/α-hetero) is 1. The molecule has 1 aromatic heterocycles. The average molecular weight is 353 g/mol. The number of hydrogen-bond donors (Lipinski definition) is 0. The van der Waals surface area contributed by atoms with Gasteiger partial charge in [0.05, 0.1) is 30.4 Å². The summed E-state index contributed by atoms with van der Waals surface area (Å²) in [7, 11) is 1.62. The molecule has 2 aromatic rings. The Hall–Kier alpha value is -1.66. The summed E-state index contributed by atoms with van der Waals surface area (Å²) in [6.45, 7) is 1.39. The van der Waals surface area contributed by atoms with Gasteiger partial charge in [0.2, 0.25) is 0 Å². The lowest BCUT2D eigenvalue weighted by molar-refractivity contribution is 0.0947. The summed E-state index contributed by atoms with van der Waals surface area (Å²) in [5.41, 5.74) is 0.559. The van der Waals surface area contributed by atoms with Crippen molar-refractivity contribution >= 4 is 21.7 Å². The van der Waals surface area contributed by atoms with Gasteiger partial charge >= 0.3 is 0 Å². The highest BCUT2D eigenvalue weighted by atomic mass is 79.9. The third-order valence-electron chi connectivity index (χ3n) is 2.91. The molecule has 0 N–H and O–H groups in total. The summed E-state index contributed by atoms with van der Waals surface area (Å²) < 4.78 is 12.9. The average Bonchev–Trinajstić information content (AvgIpc) is 2.87. The van der Waals surface area contributed by atoms with Crippen LogP contribution in [0.5, 0.6) is 5.75 Å². The zero-order chi connectivity index (χ0) is 15.1. The van der Waals surface area contributed by atoms with Crippen LogP contribution >= 0.6 is 15.9 Å². The SMILES string of the molecule is COCCn1ncc(Br)c1C(=O)CCOc1ccccc1. The number of rotatable bonds is 8. The van der Waals surface area contributed by atoms with Crippen molar-refractivity contribution in [3.63, 3.8) is 0 Å². The van der Waals surface area contributed by atoms with Crippen LogP contribution in [0.3, 0.4) is 0 Å². The summed E-state index contributed by atoms with van der Waals surface area (Å²) in [4.78, 5) is 12.3. The van der Waals surface area contributed by atoms with Crippen LogP contribution in [0.2, 0.25) is 0 Å². The minimum absolute atomic E-state index is 0.00795. The number of hydrogen-bond acceptors (Lipinski definition) is 4. The lowest BCUT2D eigenvalue weighted by Gasteiger charge is -2.08. The molecule has 0 radical (unpaired) electrons. The van der Waals surface area contributed by atoms with Gasteiger partial charge in [-0.3, -0.25) is 9.48 Å². The van der Waals surface area contributed by atoms with Crippen molar-refractivity contribution in [2.45, 2.75) is 13.0 Å². The Morgan fingerprint density at radius 2 is 2.05 bits per heavy atom. The first kappa shape index (κ1) is 15.7. The first-order chi connectivity index (χ1) is 10.2. The molecule has 0 bridgehead atoms. The number of carbonyl (C=O) groups excluding carboxylic acids is 1. The van der Waals surface area contributed by atoms with E-state index in [1.807, 2.05) is 30.3 Å². The monoisotopic (exact) mass is 352 g/mol. The van der Waals surface area contributed by atoms with E-state index in [9.17, 15) is 4.79 Å². The molecule has 0 saturated heterocycles. The molecular formula is C15H17BrN2O3. The van der Waals surface area contributed by atoms with E-state index >= 15 is 0 Å². The van der Waals surface area contributed by atoms with Crippen molar-refractivity contribution in [3.05, 3.63) is 46.7 Å². The zero-order valence-electron chi connectivity index (χ0n) is 11.8. The third kappa shape index (κ3) is 4.41. The minimum Gasteiger partial charge on any atom is -0.493 e. The third-order valence-corrected chi connectivity index (χ3v) is 3.49. The van der Waals surface area contributed by atoms with Crippen molar-refractivity contribution in [3.8, 4) is 5.75 Å². The summed E-state index contributed by atoms with van der Waals surface area (Å²) >= 11 is 3.36. The van der Waals surface area contributed by atoms with Gasteiger partial charge in [-0.05, 0) is 28.1 Å². The second-order valence-electron chi connectivity index (χ2n) is 4.39. The van der Waals surface area contributed by atoms with Crippen LogP contribution in [0, 0.1) is 0 Å². The molecule has 1 aromatic carbocycles. The van der Waals surface area contributed by atoms with Crippen LogP contribution < -0.4 is 4.74 Å². The quantitative estimate of drug-likeness (QED) is 0.685. The standard InChI is InChI=1S/C15H17BrN2O3/c1-20-10-8-18-15(13(16)11-17-18)14(19)7-9-21-12-5-3-2-4-6-12/h2-6,11H,7-10H2,1H3. The van der Waals surface area contributed by atoms with Gasteiger partial charge in [0, 0.05) is 13.5 Å². The second kappa shape index (κ2) is 7.95. The lowest BCUT2D eigenvalue weighted by Crippen LogP contribution is -2.16. The van der Waals surface area contributed by atoms with Crippen molar-refractivity contribution in [1.29, 1.82) is 0 Å². The number of benzene rings is 1. The van der Waals surface area contributed by atoms with Crippen LogP contribution in [0.25, 0.3) is 0 Å². The molecule has 0 amide bonds. The number of methoxy groups -OCH3 is 1. The molecule has 0 unspecified atom stereocenters. The molecule has 6 heteroatoms. The maximum atomic E-state index is 12.3. The van der Waals surface area contributed by atoms with Crippen LogP contribution in [-0.2, 0) is 11.3 Å². The highest BCUT2D eigenvalue weighted by Crippen LogP contribution is 2.18. The number of ketones is 1. The first-order valence-electron chi connectivity index (χ1n) is 6.63. The highest BCUT2D eigenvalue weighted by Gasteiger charge is 2.17. The Bertz CT molecular complexity index is 584. The van der Waals surface area contributed by atoms with E-state index in [2.05, 4.69) is 21.0 Å². The molecule has 5 nitrogen and oxygen atoms in total. The van der Waals surface area contributed by atoms with E-state index in [1.54, 1.807) is 18.0 Å². The van der Waals surface area contributed by atoms with Crippen molar-refractivity contribution in [2.75, 3.05) is 20.3 Å². The van der Waals surface area contributed by atoms with Gasteiger partial charge in [-0.15, -0.1) is 0 Å². The zero-order valence-corrected chi connectivity index (χ0v) is 13.4. The second-order valence-corrected chi connectivity index (χ2v) is 5.25. The van der Waals surface area contributed by atoms with Gasteiger partial charge in [0.1, 0.15) is 11.4 Å². The lowest BCUT2D eigenvalue weighted by atomic mass is 10.2. The smallest absolute Gasteiger partial charge is 0.185 e. The molecule has 112 valence electrons. The molecule has 0 fully saturated rings. The van der Waals surface area contributed by atoms with Gasteiger partial charge in [0.25, 0.3) is 0 Å². The predicted octanol–water partition coefficient (Wildman–Crippen LogP) is 2.94. The fraction of sp³-hybridized carbons (Fsp3) is 0.333. The Balaban J connectivity index is 1.92. The minimum atomic E-state index is -0.00795. The topological polar surface area (TPSA) is 53.4 Å². The van der Waals surface area contributed by atoms with Crippen LogP contribution in [0.1, 0.15) is 16.9 Å². The maximum Gasteiger partial charge on any atom is 0.185 e. The number of carbonyl (C=O) groups is 1. The summed E-state index contributed by atoms with van der Waals surface area (Å²) in [5, 5.41) is 4.17. The number of nitrogens with zero attached hydrogens (tertiary/aromatic N) is 2. The molecule has 0 aliphatic rings. The van der Waals surface area contributed by atoms with E-state index in [1.165, 1.54) is 0 Å². The Labute approximate surface area is 132 Å². The summed E-state index contributed by atoms with van der Waals surface area (Å²) in [6.07, 6.45) is 1.92. The van der Waals surface area contributed by atoms with Crippen molar-refractivity contribution < 1.29 is 14.3 Å². The molecule has 21 heavy (non-hydrogen) atoms. The normalized spacial score (nSPS) is 10.6. The van der Waals surface area contributed by atoms with E-state index in [0.29, 0.717) is 36.3 Å². The number of halogens is 1. The van der Waals surface area contributed by atoms with Crippen LogP contribution in [0.4, 0.5) is 0 Å². The number of aromatic nitrogens is 2. The molecule has 1 heterocycles. The Morgan fingerprint density at radius 3 is 2.76 bits per heavy atom. The molecule has 0 spiro atoms. The largest absolute Gasteiger partial charge is 0.493 e. The number of ether oxygens (including phenoxy) is 2. The fourth-order valence-corrected chi connectivity index (χ4v) is 2.40. The van der Waals surface area contributed by atoms with Gasteiger partial charge < -0.3 is 9.47 Å². The van der Waals surface area contributed by atoms with Gasteiger partial charge in [-0.1, -0.05) is 18.2 Å². The van der Waals surface area contributed by atoms with E-state index in [4.69, 9.17) is 9.47 Å². The Morgan fingerprint density at radius 1 is 1.29 bits per heavy atom. The van der Waals surface area contributed by atoms with Crippen molar-refractivity contribution in [1.82, 2.24) is 9.78 Å². The Kier molecular flexibility index (Phi) is 5.95. The van der Waals surface area contributed by atoms with Crippen LogP contribution in [0.15, 0.2) is 41.0 Å². The maximum absolute atomic E-state index is 12.3. The van der Waals surface area contributed by atoms with E-state index in [0.717, 1.165) is 5.75 Å². The molecular weight excluding hydrogens is 336 g/mol. The fourth-order valence-electron chi connectivity index (χ4n) is 1.88. The van der Waals surface area contributed by atoms with Gasteiger partial charge in [-0.2, -0.15) is 5.10 Å². The summed E-state index contributed by atoms with van der Waals surface area (Å²) in [5.74, 6) is 0.753. The molecule has 0 atom stereocenters. The first-order valence-corrected chi connectivity index (χ1v) is 7.43. The van der Waals surface area contributed by atoms with Gasteiger partial charge in [0.15, 0.2) is 5.78 Å². The van der Waals surface area contributed by atoms with E-state index < -0.39 is 0 Å². The highest BCUT2D eigenvalue weighted by molar-refractivity contribution is 9.10. The molecule has 0 aliphatic carbocycles. The van der Waals surface area contributed by atoms with Crippen LogP contribution in [-0.4, -0.2) is 35.9 Å². The molecule has 0 aliphatic heterocycles. The van der Waals surface area contributed by atoms with Crippen molar-refractivity contribution in [2.24, 2.45) is 0 Å². The molecule has 0 saturated carbocycles. The van der Waals surface area contributed by atoms with Gasteiger partial charge in [-0.25, -0.2) is 0 Å². The predicted molar refractivity (Wildman–Crippen MR) is 82.7 cm³/mol. The summed E-state index contributed by atoms with van der Waals surface area (Å²) in [6, 6.07) is 9.44. The number of para-hydroxylation sites is 1.